The number of carbonyl (C=O) groups is 1. The smallest absolute Gasteiger partial charge is 0.155 e. The molecule has 0 fully saturated rings. The summed E-state index contributed by atoms with van der Waals surface area (Å²) in [6.45, 7) is 4.42. The zero-order valence-corrected chi connectivity index (χ0v) is 8.10. The fourth-order valence-corrected chi connectivity index (χ4v) is 1.89. The summed E-state index contributed by atoms with van der Waals surface area (Å²) in [6, 6.07) is 0. The van der Waals surface area contributed by atoms with Crippen molar-refractivity contribution in [2.24, 2.45) is 5.41 Å². The summed E-state index contributed by atoms with van der Waals surface area (Å²) in [4.78, 5) is 11.1. The van der Waals surface area contributed by atoms with Gasteiger partial charge in [-0.25, -0.2) is 0 Å². The number of ketones is 1. The van der Waals surface area contributed by atoms with E-state index in [1.165, 1.54) is 6.42 Å². The van der Waals surface area contributed by atoms with E-state index in [1.807, 2.05) is 0 Å². The number of hydrogen-bond donors (Lipinski definition) is 0. The molecule has 0 aromatic carbocycles. The fourth-order valence-electron chi connectivity index (χ4n) is 1.89. The van der Waals surface area contributed by atoms with Crippen molar-refractivity contribution in [1.29, 1.82) is 0 Å². The zero-order chi connectivity index (χ0) is 9.03. The quantitative estimate of drug-likeness (QED) is 0.616. The lowest BCUT2D eigenvalue weighted by Gasteiger charge is -2.26. The van der Waals surface area contributed by atoms with Gasteiger partial charge in [0, 0.05) is 6.42 Å². The predicted octanol–water partition coefficient (Wildman–Crippen LogP) is 3.10. The van der Waals surface area contributed by atoms with Crippen molar-refractivity contribution in [1.82, 2.24) is 0 Å². The fraction of sp³-hybridized carbons (Fsp3) is 0.727. The van der Waals surface area contributed by atoms with Crippen LogP contribution in [0.2, 0.25) is 0 Å². The molecule has 0 heterocycles. The average molecular weight is 166 g/mol. The van der Waals surface area contributed by atoms with Crippen LogP contribution in [0.4, 0.5) is 0 Å². The van der Waals surface area contributed by atoms with Crippen LogP contribution in [0.1, 0.15) is 46.0 Å². The van der Waals surface area contributed by atoms with Crippen molar-refractivity contribution >= 4 is 5.78 Å². The summed E-state index contributed by atoms with van der Waals surface area (Å²) in [6.07, 6.45) is 9.25. The number of allylic oxidation sites excluding steroid dienone is 2. The highest BCUT2D eigenvalue weighted by molar-refractivity contribution is 5.89. The second-order valence-electron chi connectivity index (χ2n) is 3.72. The lowest BCUT2D eigenvalue weighted by atomic mass is 9.79. The minimum atomic E-state index is 0.304. The molecule has 1 nitrogen and oxygen atoms in total. The maximum atomic E-state index is 11.1. The van der Waals surface area contributed by atoms with Crippen molar-refractivity contribution in [3.63, 3.8) is 0 Å². The van der Waals surface area contributed by atoms with E-state index in [2.05, 4.69) is 19.9 Å². The van der Waals surface area contributed by atoms with Gasteiger partial charge in [0.15, 0.2) is 5.78 Å². The molecule has 0 unspecified atom stereocenters. The van der Waals surface area contributed by atoms with Crippen molar-refractivity contribution in [2.45, 2.75) is 46.0 Å². The van der Waals surface area contributed by atoms with Gasteiger partial charge in [-0.2, -0.15) is 0 Å². The second-order valence-corrected chi connectivity index (χ2v) is 3.72. The summed E-state index contributed by atoms with van der Waals surface area (Å²) in [7, 11) is 0. The number of rotatable bonds is 2. The van der Waals surface area contributed by atoms with E-state index >= 15 is 0 Å². The lowest BCUT2D eigenvalue weighted by Crippen LogP contribution is -2.14. The molecule has 0 aromatic heterocycles. The molecule has 1 rings (SSSR count). The van der Waals surface area contributed by atoms with Gasteiger partial charge in [0.1, 0.15) is 0 Å². The Hall–Kier alpha value is -0.590. The van der Waals surface area contributed by atoms with Crippen LogP contribution in [0.3, 0.4) is 0 Å². The van der Waals surface area contributed by atoms with Gasteiger partial charge in [-0.3, -0.25) is 4.79 Å². The molecule has 0 aliphatic heterocycles. The van der Waals surface area contributed by atoms with Gasteiger partial charge in [-0.05, 0) is 37.2 Å². The van der Waals surface area contributed by atoms with E-state index in [9.17, 15) is 4.79 Å². The molecule has 1 aliphatic carbocycles. The third-order valence-corrected chi connectivity index (χ3v) is 3.13. The minimum Gasteiger partial charge on any atom is -0.295 e. The van der Waals surface area contributed by atoms with E-state index in [4.69, 9.17) is 0 Å². The summed E-state index contributed by atoms with van der Waals surface area (Å²) in [5, 5.41) is 0. The number of hydrogen-bond acceptors (Lipinski definition) is 1. The van der Waals surface area contributed by atoms with Crippen LogP contribution < -0.4 is 0 Å². The highest BCUT2D eigenvalue weighted by Gasteiger charge is 2.24. The van der Waals surface area contributed by atoms with Gasteiger partial charge >= 0.3 is 0 Å². The third-order valence-electron chi connectivity index (χ3n) is 3.13. The monoisotopic (exact) mass is 166 g/mol. The van der Waals surface area contributed by atoms with Crippen LogP contribution in [-0.2, 0) is 4.79 Å². The Morgan fingerprint density at radius 3 is 2.67 bits per heavy atom. The van der Waals surface area contributed by atoms with Crippen molar-refractivity contribution in [2.75, 3.05) is 0 Å². The Labute approximate surface area is 74.9 Å². The molecule has 0 amide bonds. The molecular formula is C11H18O. The Morgan fingerprint density at radius 2 is 2.08 bits per heavy atom. The van der Waals surface area contributed by atoms with Gasteiger partial charge < -0.3 is 0 Å². The van der Waals surface area contributed by atoms with Crippen LogP contribution in [0.25, 0.3) is 0 Å². The van der Waals surface area contributed by atoms with Crippen molar-refractivity contribution in [3.05, 3.63) is 12.2 Å². The molecule has 0 radical (unpaired) electrons. The molecule has 1 heteroatoms. The molecule has 0 saturated carbocycles. The van der Waals surface area contributed by atoms with E-state index < -0.39 is 0 Å². The summed E-state index contributed by atoms with van der Waals surface area (Å²) >= 11 is 0. The SMILES string of the molecule is CCC1(CC)C=CC(=O)CCC1. The molecule has 0 aromatic rings. The topological polar surface area (TPSA) is 17.1 Å². The van der Waals surface area contributed by atoms with Gasteiger partial charge in [-0.1, -0.05) is 19.9 Å². The van der Waals surface area contributed by atoms with Gasteiger partial charge in [0.05, 0.1) is 0 Å². The molecule has 0 atom stereocenters. The molecular weight excluding hydrogens is 148 g/mol. The third kappa shape index (κ3) is 1.96. The van der Waals surface area contributed by atoms with Crippen LogP contribution in [-0.4, -0.2) is 5.78 Å². The van der Waals surface area contributed by atoms with Crippen molar-refractivity contribution in [3.8, 4) is 0 Å². The highest BCUT2D eigenvalue weighted by atomic mass is 16.1. The summed E-state index contributed by atoms with van der Waals surface area (Å²) < 4.78 is 0. The van der Waals surface area contributed by atoms with Crippen LogP contribution in [0, 0.1) is 5.41 Å². The maximum Gasteiger partial charge on any atom is 0.155 e. The Kier molecular flexibility index (Phi) is 3.07. The standard InChI is InChI=1S/C11H18O/c1-3-11(4-2)8-5-6-10(12)7-9-11/h7,9H,3-6,8H2,1-2H3. The van der Waals surface area contributed by atoms with Crippen molar-refractivity contribution < 1.29 is 4.79 Å². The Bertz CT molecular complexity index is 187. The van der Waals surface area contributed by atoms with Crippen LogP contribution in [0.15, 0.2) is 12.2 Å². The summed E-state index contributed by atoms with van der Waals surface area (Å²) in [5.41, 5.74) is 0.326. The first kappa shape index (κ1) is 9.50. The maximum absolute atomic E-state index is 11.1. The predicted molar refractivity (Wildman–Crippen MR) is 51.0 cm³/mol. The van der Waals surface area contributed by atoms with E-state index in [-0.39, 0.29) is 0 Å². The molecule has 12 heavy (non-hydrogen) atoms. The van der Waals surface area contributed by atoms with E-state index in [1.54, 1.807) is 6.08 Å². The highest BCUT2D eigenvalue weighted by Crippen LogP contribution is 2.35. The molecule has 0 N–H and O–H groups in total. The average Bonchev–Trinajstić information content (AvgIpc) is 2.28. The Morgan fingerprint density at radius 1 is 1.42 bits per heavy atom. The van der Waals surface area contributed by atoms with Crippen LogP contribution in [0.5, 0.6) is 0 Å². The van der Waals surface area contributed by atoms with E-state index in [0.29, 0.717) is 11.2 Å². The lowest BCUT2D eigenvalue weighted by molar-refractivity contribution is -0.114. The Balaban J connectivity index is 2.75. The normalized spacial score (nSPS) is 22.3. The molecule has 0 bridgehead atoms. The first-order chi connectivity index (χ1) is 5.72. The first-order valence-corrected chi connectivity index (χ1v) is 4.94. The first-order valence-electron chi connectivity index (χ1n) is 4.94. The van der Waals surface area contributed by atoms with Gasteiger partial charge in [-0.15, -0.1) is 0 Å². The molecule has 1 aliphatic rings. The van der Waals surface area contributed by atoms with Gasteiger partial charge in [0.2, 0.25) is 0 Å². The van der Waals surface area contributed by atoms with Gasteiger partial charge in [0.25, 0.3) is 0 Å². The summed E-state index contributed by atoms with van der Waals surface area (Å²) in [5.74, 6) is 0.304. The second kappa shape index (κ2) is 3.88. The largest absolute Gasteiger partial charge is 0.295 e. The van der Waals surface area contributed by atoms with Crippen LogP contribution >= 0.6 is 0 Å². The molecule has 0 spiro atoms. The zero-order valence-electron chi connectivity index (χ0n) is 8.10. The molecule has 0 saturated heterocycles. The van der Waals surface area contributed by atoms with E-state index in [0.717, 1.165) is 25.7 Å². The minimum absolute atomic E-state index is 0.304. The molecule has 68 valence electrons. The number of carbonyl (C=O) groups excluding carboxylic acids is 1.